The molecule has 0 aliphatic heterocycles. The lowest BCUT2D eigenvalue weighted by atomic mass is 10.1. The Kier molecular flexibility index (Phi) is 5.25. The Morgan fingerprint density at radius 1 is 1.09 bits per heavy atom. The van der Waals surface area contributed by atoms with Gasteiger partial charge < -0.3 is 10.1 Å². The first-order valence-corrected chi connectivity index (χ1v) is 6.84. The van der Waals surface area contributed by atoms with Crippen LogP contribution in [0.4, 0.5) is 10.1 Å². The van der Waals surface area contributed by atoms with E-state index >= 15 is 0 Å². The van der Waals surface area contributed by atoms with Crippen LogP contribution in [-0.4, -0.2) is 18.0 Å². The Morgan fingerprint density at radius 2 is 1.73 bits per heavy atom. The topological polar surface area (TPSA) is 55.4 Å². The Bertz CT molecular complexity index is 641. The average molecular weight is 301 g/mol. The molecule has 0 spiro atoms. The standard InChI is InChI=1S/C17H16FNO3/c1-12(17(21)19-15-5-3-2-4-6-15)22-16(20)11-13-7-9-14(18)10-8-13/h2-10,12H,11H2,1H3,(H,19,21)/t12-/m0/s1. The minimum Gasteiger partial charge on any atom is -0.452 e. The van der Waals surface area contributed by atoms with Gasteiger partial charge in [0.15, 0.2) is 6.10 Å². The molecule has 1 amide bonds. The molecule has 1 N–H and O–H groups in total. The lowest BCUT2D eigenvalue weighted by Gasteiger charge is -2.13. The fraction of sp³-hybridized carbons (Fsp3) is 0.176. The quantitative estimate of drug-likeness (QED) is 0.864. The van der Waals surface area contributed by atoms with Crippen LogP contribution in [0.1, 0.15) is 12.5 Å². The maximum absolute atomic E-state index is 12.8. The maximum Gasteiger partial charge on any atom is 0.311 e. The van der Waals surface area contributed by atoms with Gasteiger partial charge in [-0.25, -0.2) is 4.39 Å². The summed E-state index contributed by atoms with van der Waals surface area (Å²) in [5.74, 6) is -1.31. The molecule has 2 aromatic rings. The summed E-state index contributed by atoms with van der Waals surface area (Å²) in [5.41, 5.74) is 1.26. The van der Waals surface area contributed by atoms with Crippen molar-refractivity contribution in [1.29, 1.82) is 0 Å². The molecule has 0 radical (unpaired) electrons. The van der Waals surface area contributed by atoms with Gasteiger partial charge in [-0.3, -0.25) is 9.59 Å². The van der Waals surface area contributed by atoms with E-state index in [1.807, 2.05) is 6.07 Å². The Balaban J connectivity index is 1.85. The van der Waals surface area contributed by atoms with Gasteiger partial charge in [-0.2, -0.15) is 0 Å². The van der Waals surface area contributed by atoms with Crippen molar-refractivity contribution in [2.24, 2.45) is 0 Å². The molecule has 2 aromatic carbocycles. The molecular weight excluding hydrogens is 285 g/mol. The molecule has 0 heterocycles. The normalized spacial score (nSPS) is 11.5. The summed E-state index contributed by atoms with van der Waals surface area (Å²) in [7, 11) is 0. The molecule has 0 aliphatic rings. The summed E-state index contributed by atoms with van der Waals surface area (Å²) in [5, 5.41) is 2.65. The van der Waals surface area contributed by atoms with Crippen molar-refractivity contribution >= 4 is 17.6 Å². The molecule has 0 unspecified atom stereocenters. The summed E-state index contributed by atoms with van der Waals surface area (Å²) < 4.78 is 17.9. The molecular formula is C17H16FNO3. The third-order valence-electron chi connectivity index (χ3n) is 2.98. The summed E-state index contributed by atoms with van der Waals surface area (Å²) in [4.78, 5) is 23.7. The number of esters is 1. The molecule has 22 heavy (non-hydrogen) atoms. The van der Waals surface area contributed by atoms with E-state index in [2.05, 4.69) is 5.32 Å². The molecule has 0 aliphatic carbocycles. The van der Waals surface area contributed by atoms with E-state index in [0.29, 0.717) is 11.3 Å². The number of para-hydroxylation sites is 1. The Hall–Kier alpha value is -2.69. The van der Waals surface area contributed by atoms with Gasteiger partial charge in [0, 0.05) is 5.69 Å². The van der Waals surface area contributed by atoms with Crippen molar-refractivity contribution in [1.82, 2.24) is 0 Å². The van der Waals surface area contributed by atoms with Crippen LogP contribution in [0.2, 0.25) is 0 Å². The lowest BCUT2D eigenvalue weighted by molar-refractivity contribution is -0.152. The first kappa shape index (κ1) is 15.7. The zero-order valence-corrected chi connectivity index (χ0v) is 12.1. The number of carbonyl (C=O) groups excluding carboxylic acids is 2. The first-order valence-electron chi connectivity index (χ1n) is 6.84. The number of carbonyl (C=O) groups is 2. The number of nitrogens with one attached hydrogen (secondary N) is 1. The van der Waals surface area contributed by atoms with Crippen LogP contribution in [0.25, 0.3) is 0 Å². The minimum atomic E-state index is -0.909. The highest BCUT2D eigenvalue weighted by atomic mass is 19.1. The van der Waals surface area contributed by atoms with Crippen LogP contribution in [0.5, 0.6) is 0 Å². The molecule has 0 fully saturated rings. The van der Waals surface area contributed by atoms with Crippen molar-refractivity contribution in [3.63, 3.8) is 0 Å². The molecule has 0 saturated heterocycles. The number of rotatable bonds is 5. The zero-order chi connectivity index (χ0) is 15.9. The minimum absolute atomic E-state index is 0.0107. The Labute approximate surface area is 127 Å². The second kappa shape index (κ2) is 7.36. The molecule has 0 aromatic heterocycles. The van der Waals surface area contributed by atoms with Crippen molar-refractivity contribution in [3.8, 4) is 0 Å². The zero-order valence-electron chi connectivity index (χ0n) is 12.1. The van der Waals surface area contributed by atoms with Crippen LogP contribution >= 0.6 is 0 Å². The fourth-order valence-corrected chi connectivity index (χ4v) is 1.83. The highest BCUT2D eigenvalue weighted by molar-refractivity contribution is 5.95. The maximum atomic E-state index is 12.8. The summed E-state index contributed by atoms with van der Waals surface area (Å²) >= 11 is 0. The molecule has 0 saturated carbocycles. The van der Waals surface area contributed by atoms with Gasteiger partial charge >= 0.3 is 5.97 Å². The van der Waals surface area contributed by atoms with Crippen LogP contribution in [0, 0.1) is 5.82 Å². The van der Waals surface area contributed by atoms with Crippen LogP contribution in [0.15, 0.2) is 54.6 Å². The number of benzene rings is 2. The van der Waals surface area contributed by atoms with Crippen LogP contribution in [0.3, 0.4) is 0 Å². The molecule has 2 rings (SSSR count). The van der Waals surface area contributed by atoms with Crippen molar-refractivity contribution < 1.29 is 18.7 Å². The van der Waals surface area contributed by atoms with E-state index in [1.165, 1.54) is 31.2 Å². The smallest absolute Gasteiger partial charge is 0.311 e. The summed E-state index contributed by atoms with van der Waals surface area (Å²) in [6.45, 7) is 1.50. The number of hydrogen-bond acceptors (Lipinski definition) is 3. The Morgan fingerprint density at radius 3 is 2.36 bits per heavy atom. The number of hydrogen-bond donors (Lipinski definition) is 1. The van der Waals surface area contributed by atoms with Crippen molar-refractivity contribution in [2.75, 3.05) is 5.32 Å². The molecule has 0 bridgehead atoms. The predicted molar refractivity (Wildman–Crippen MR) is 80.7 cm³/mol. The second-order valence-corrected chi connectivity index (χ2v) is 4.79. The van der Waals surface area contributed by atoms with Gasteiger partial charge in [-0.1, -0.05) is 30.3 Å². The lowest BCUT2D eigenvalue weighted by Crippen LogP contribution is -2.30. The highest BCUT2D eigenvalue weighted by Crippen LogP contribution is 2.08. The average Bonchev–Trinajstić information content (AvgIpc) is 2.50. The molecule has 1 atom stereocenters. The number of amides is 1. The summed E-state index contributed by atoms with van der Waals surface area (Å²) in [6, 6.07) is 14.5. The van der Waals surface area contributed by atoms with Gasteiger partial charge in [0.2, 0.25) is 0 Å². The van der Waals surface area contributed by atoms with E-state index < -0.39 is 18.0 Å². The van der Waals surface area contributed by atoms with E-state index in [0.717, 1.165) is 0 Å². The monoisotopic (exact) mass is 301 g/mol. The number of ether oxygens (including phenoxy) is 1. The molecule has 4 nitrogen and oxygen atoms in total. The van der Waals surface area contributed by atoms with E-state index in [-0.39, 0.29) is 12.2 Å². The second-order valence-electron chi connectivity index (χ2n) is 4.79. The third-order valence-corrected chi connectivity index (χ3v) is 2.98. The van der Waals surface area contributed by atoms with E-state index in [1.54, 1.807) is 24.3 Å². The SMILES string of the molecule is C[C@H](OC(=O)Cc1ccc(F)cc1)C(=O)Nc1ccccc1. The van der Waals surface area contributed by atoms with Crippen molar-refractivity contribution in [3.05, 3.63) is 66.0 Å². The van der Waals surface area contributed by atoms with Crippen LogP contribution in [-0.2, 0) is 20.7 Å². The van der Waals surface area contributed by atoms with Gasteiger partial charge in [0.05, 0.1) is 6.42 Å². The summed E-state index contributed by atoms with van der Waals surface area (Å²) in [6.07, 6.45) is -0.920. The van der Waals surface area contributed by atoms with E-state index in [4.69, 9.17) is 4.74 Å². The fourth-order valence-electron chi connectivity index (χ4n) is 1.83. The van der Waals surface area contributed by atoms with Gasteiger partial charge in [-0.15, -0.1) is 0 Å². The first-order chi connectivity index (χ1) is 10.5. The number of halogens is 1. The largest absolute Gasteiger partial charge is 0.452 e. The van der Waals surface area contributed by atoms with Gasteiger partial charge in [-0.05, 0) is 36.8 Å². The van der Waals surface area contributed by atoms with Gasteiger partial charge in [0.25, 0.3) is 5.91 Å². The highest BCUT2D eigenvalue weighted by Gasteiger charge is 2.18. The third kappa shape index (κ3) is 4.70. The molecule has 5 heteroatoms. The molecule has 114 valence electrons. The van der Waals surface area contributed by atoms with Crippen molar-refractivity contribution in [2.45, 2.75) is 19.4 Å². The van der Waals surface area contributed by atoms with E-state index in [9.17, 15) is 14.0 Å². The van der Waals surface area contributed by atoms with Crippen LogP contribution < -0.4 is 5.32 Å². The number of anilines is 1. The van der Waals surface area contributed by atoms with Gasteiger partial charge in [0.1, 0.15) is 5.82 Å². The predicted octanol–water partition coefficient (Wildman–Crippen LogP) is 2.94.